The first-order chi connectivity index (χ1) is 9.99. The molecule has 0 aliphatic rings. The number of hydrogen-bond acceptors (Lipinski definition) is 4. The third-order valence-corrected chi connectivity index (χ3v) is 3.38. The molecule has 1 rings (SSSR count). The largest absolute Gasteiger partial charge is 0.352 e. The topological polar surface area (TPSA) is 87.3 Å². The van der Waals surface area contributed by atoms with Gasteiger partial charge < -0.3 is 16.0 Å². The standard InChI is InChI=1S/C14H21N3O3S/c1-10(2)17-13(19)9-16-12(18)6-3-7-15-14(20)11-5-4-8-21-11/h4-5,8,10H,3,6-7,9H2,1-2H3,(H,15,20)(H,16,18)(H,17,19). The van der Waals surface area contributed by atoms with Crippen molar-refractivity contribution >= 4 is 29.1 Å². The molecule has 0 spiro atoms. The Hall–Kier alpha value is -1.89. The Labute approximate surface area is 128 Å². The van der Waals surface area contributed by atoms with E-state index >= 15 is 0 Å². The number of amides is 3. The molecular weight excluding hydrogens is 290 g/mol. The Morgan fingerprint density at radius 3 is 2.57 bits per heavy atom. The third-order valence-electron chi connectivity index (χ3n) is 2.51. The van der Waals surface area contributed by atoms with Gasteiger partial charge in [0.05, 0.1) is 11.4 Å². The van der Waals surface area contributed by atoms with Crippen LogP contribution in [0.1, 0.15) is 36.4 Å². The van der Waals surface area contributed by atoms with E-state index in [-0.39, 0.29) is 36.7 Å². The Balaban J connectivity index is 2.08. The normalized spacial score (nSPS) is 10.2. The summed E-state index contributed by atoms with van der Waals surface area (Å²) in [7, 11) is 0. The van der Waals surface area contributed by atoms with Crippen molar-refractivity contribution in [2.75, 3.05) is 13.1 Å². The van der Waals surface area contributed by atoms with Crippen molar-refractivity contribution in [3.05, 3.63) is 22.4 Å². The van der Waals surface area contributed by atoms with Crippen molar-refractivity contribution in [2.45, 2.75) is 32.7 Å². The van der Waals surface area contributed by atoms with Gasteiger partial charge in [-0.3, -0.25) is 14.4 Å². The van der Waals surface area contributed by atoms with E-state index in [1.807, 2.05) is 25.3 Å². The van der Waals surface area contributed by atoms with E-state index in [0.29, 0.717) is 17.8 Å². The summed E-state index contributed by atoms with van der Waals surface area (Å²) in [6, 6.07) is 3.62. The smallest absolute Gasteiger partial charge is 0.261 e. The fourth-order valence-corrected chi connectivity index (χ4v) is 2.23. The molecule has 0 aromatic carbocycles. The molecule has 0 aliphatic carbocycles. The second-order valence-electron chi connectivity index (χ2n) is 4.84. The maximum absolute atomic E-state index is 11.6. The molecule has 0 bridgehead atoms. The lowest BCUT2D eigenvalue weighted by atomic mass is 10.3. The van der Waals surface area contributed by atoms with E-state index in [4.69, 9.17) is 0 Å². The average molecular weight is 311 g/mol. The lowest BCUT2D eigenvalue weighted by Crippen LogP contribution is -2.39. The van der Waals surface area contributed by atoms with Gasteiger partial charge in [-0.15, -0.1) is 11.3 Å². The van der Waals surface area contributed by atoms with Crippen LogP contribution in [-0.2, 0) is 9.59 Å². The minimum atomic E-state index is -0.204. The van der Waals surface area contributed by atoms with Crippen molar-refractivity contribution in [1.29, 1.82) is 0 Å². The summed E-state index contributed by atoms with van der Waals surface area (Å²) in [6.07, 6.45) is 0.814. The summed E-state index contributed by atoms with van der Waals surface area (Å²) in [5.41, 5.74) is 0. The summed E-state index contributed by atoms with van der Waals surface area (Å²) >= 11 is 1.38. The molecule has 1 aromatic heterocycles. The number of carbonyl (C=O) groups is 3. The quantitative estimate of drug-likeness (QED) is 0.623. The summed E-state index contributed by atoms with van der Waals surface area (Å²) in [6.45, 7) is 4.13. The average Bonchev–Trinajstić information content (AvgIpc) is 2.94. The first kappa shape index (κ1) is 17.2. The zero-order valence-electron chi connectivity index (χ0n) is 12.3. The fraction of sp³-hybridized carbons (Fsp3) is 0.500. The van der Waals surface area contributed by atoms with Crippen molar-refractivity contribution in [3.8, 4) is 0 Å². The van der Waals surface area contributed by atoms with Gasteiger partial charge in [-0.05, 0) is 31.7 Å². The number of rotatable bonds is 8. The molecule has 0 atom stereocenters. The first-order valence-corrected chi connectivity index (χ1v) is 7.74. The maximum Gasteiger partial charge on any atom is 0.261 e. The van der Waals surface area contributed by atoms with Crippen LogP contribution in [0.5, 0.6) is 0 Å². The Kier molecular flexibility index (Phi) is 7.45. The molecule has 3 amide bonds. The highest BCUT2D eigenvalue weighted by Crippen LogP contribution is 2.07. The monoisotopic (exact) mass is 311 g/mol. The molecule has 1 heterocycles. The number of carbonyl (C=O) groups excluding carboxylic acids is 3. The van der Waals surface area contributed by atoms with Gasteiger partial charge in [0.2, 0.25) is 11.8 Å². The molecule has 0 saturated carbocycles. The van der Waals surface area contributed by atoms with Crippen LogP contribution in [0.25, 0.3) is 0 Å². The van der Waals surface area contributed by atoms with Crippen LogP contribution in [0.2, 0.25) is 0 Å². The minimum Gasteiger partial charge on any atom is -0.352 e. The Morgan fingerprint density at radius 2 is 1.95 bits per heavy atom. The zero-order valence-corrected chi connectivity index (χ0v) is 13.1. The van der Waals surface area contributed by atoms with Crippen molar-refractivity contribution in [1.82, 2.24) is 16.0 Å². The highest BCUT2D eigenvalue weighted by Gasteiger charge is 2.08. The van der Waals surface area contributed by atoms with Crippen LogP contribution in [0, 0.1) is 0 Å². The van der Waals surface area contributed by atoms with E-state index in [0.717, 1.165) is 0 Å². The number of thiophene rings is 1. The van der Waals surface area contributed by atoms with Crippen molar-refractivity contribution < 1.29 is 14.4 Å². The summed E-state index contributed by atoms with van der Waals surface area (Å²) in [5, 5.41) is 9.81. The van der Waals surface area contributed by atoms with E-state index in [9.17, 15) is 14.4 Å². The Morgan fingerprint density at radius 1 is 1.19 bits per heavy atom. The second-order valence-corrected chi connectivity index (χ2v) is 5.78. The van der Waals surface area contributed by atoms with E-state index in [1.54, 1.807) is 6.07 Å². The van der Waals surface area contributed by atoms with E-state index in [2.05, 4.69) is 16.0 Å². The lowest BCUT2D eigenvalue weighted by Gasteiger charge is -2.09. The predicted molar refractivity (Wildman–Crippen MR) is 82.2 cm³/mol. The molecule has 6 nitrogen and oxygen atoms in total. The van der Waals surface area contributed by atoms with Crippen LogP contribution in [0.4, 0.5) is 0 Å². The third kappa shape index (κ3) is 7.45. The molecule has 3 N–H and O–H groups in total. The van der Waals surface area contributed by atoms with Gasteiger partial charge in [0, 0.05) is 19.0 Å². The molecule has 0 aliphatic heterocycles. The fourth-order valence-electron chi connectivity index (χ4n) is 1.59. The maximum atomic E-state index is 11.6. The van der Waals surface area contributed by atoms with Crippen molar-refractivity contribution in [2.24, 2.45) is 0 Å². The van der Waals surface area contributed by atoms with Crippen LogP contribution in [-0.4, -0.2) is 36.9 Å². The van der Waals surface area contributed by atoms with Gasteiger partial charge in [0.25, 0.3) is 5.91 Å². The van der Waals surface area contributed by atoms with Gasteiger partial charge in [0.1, 0.15) is 0 Å². The molecule has 0 radical (unpaired) electrons. The minimum absolute atomic E-state index is 0.0153. The lowest BCUT2D eigenvalue weighted by molar-refractivity contribution is -0.126. The summed E-state index contributed by atoms with van der Waals surface area (Å²) in [5.74, 6) is -0.523. The highest BCUT2D eigenvalue weighted by atomic mass is 32.1. The van der Waals surface area contributed by atoms with Crippen LogP contribution >= 0.6 is 11.3 Å². The van der Waals surface area contributed by atoms with E-state index < -0.39 is 0 Å². The Bertz CT molecular complexity index is 472. The number of hydrogen-bond donors (Lipinski definition) is 3. The van der Waals surface area contributed by atoms with Gasteiger partial charge in [-0.25, -0.2) is 0 Å². The summed E-state index contributed by atoms with van der Waals surface area (Å²) in [4.78, 5) is 35.1. The van der Waals surface area contributed by atoms with Crippen LogP contribution in [0.3, 0.4) is 0 Å². The highest BCUT2D eigenvalue weighted by molar-refractivity contribution is 7.12. The molecule has 7 heteroatoms. The predicted octanol–water partition coefficient (Wildman–Crippen LogP) is 0.899. The molecule has 21 heavy (non-hydrogen) atoms. The second kappa shape index (κ2) is 9.12. The molecule has 0 saturated heterocycles. The first-order valence-electron chi connectivity index (χ1n) is 6.87. The zero-order chi connectivity index (χ0) is 15.7. The molecule has 0 unspecified atom stereocenters. The van der Waals surface area contributed by atoms with Gasteiger partial charge in [-0.1, -0.05) is 6.07 Å². The SMILES string of the molecule is CC(C)NC(=O)CNC(=O)CCCNC(=O)c1cccs1. The van der Waals surface area contributed by atoms with E-state index in [1.165, 1.54) is 11.3 Å². The number of nitrogens with one attached hydrogen (secondary N) is 3. The molecule has 116 valence electrons. The molecule has 1 aromatic rings. The van der Waals surface area contributed by atoms with Gasteiger partial charge in [-0.2, -0.15) is 0 Å². The van der Waals surface area contributed by atoms with Crippen molar-refractivity contribution in [3.63, 3.8) is 0 Å². The van der Waals surface area contributed by atoms with Crippen LogP contribution < -0.4 is 16.0 Å². The summed E-state index contributed by atoms with van der Waals surface area (Å²) < 4.78 is 0. The van der Waals surface area contributed by atoms with Crippen LogP contribution in [0.15, 0.2) is 17.5 Å². The van der Waals surface area contributed by atoms with Gasteiger partial charge >= 0.3 is 0 Å². The molecule has 0 fully saturated rings. The van der Waals surface area contributed by atoms with Gasteiger partial charge in [0.15, 0.2) is 0 Å². The molecular formula is C14H21N3O3S.